The van der Waals surface area contributed by atoms with Gasteiger partial charge in [-0.2, -0.15) is 0 Å². The minimum absolute atomic E-state index is 0.0337. The number of thiazole rings is 1. The SMILES string of the molecule is O=C(CCCOc1cc(F)cc(F)c1)Nc1ccc(S(=O)(=O)Nc2nccs2)cc1. The van der Waals surface area contributed by atoms with E-state index in [1.54, 1.807) is 5.38 Å². The van der Waals surface area contributed by atoms with Crippen molar-refractivity contribution in [2.45, 2.75) is 17.7 Å². The minimum Gasteiger partial charge on any atom is -0.493 e. The fraction of sp³-hybridized carbons (Fsp3) is 0.158. The Morgan fingerprint density at radius 1 is 1.10 bits per heavy atom. The number of carbonyl (C=O) groups excluding carboxylic acids is 1. The summed E-state index contributed by atoms with van der Waals surface area (Å²) in [7, 11) is -3.76. The number of amides is 1. The second-order valence-electron chi connectivity index (χ2n) is 6.07. The van der Waals surface area contributed by atoms with Gasteiger partial charge in [0.2, 0.25) is 5.91 Å². The first kappa shape index (κ1) is 21.7. The maximum absolute atomic E-state index is 13.1. The zero-order valence-electron chi connectivity index (χ0n) is 15.5. The van der Waals surface area contributed by atoms with E-state index in [1.807, 2.05) is 0 Å². The molecule has 3 rings (SSSR count). The number of ether oxygens (including phenoxy) is 1. The van der Waals surface area contributed by atoms with Crippen LogP contribution in [-0.2, 0) is 14.8 Å². The summed E-state index contributed by atoms with van der Waals surface area (Å²) in [4.78, 5) is 15.9. The van der Waals surface area contributed by atoms with E-state index in [2.05, 4.69) is 15.0 Å². The molecule has 0 atom stereocenters. The van der Waals surface area contributed by atoms with Gasteiger partial charge < -0.3 is 10.1 Å². The van der Waals surface area contributed by atoms with Crippen molar-refractivity contribution in [2.75, 3.05) is 16.6 Å². The van der Waals surface area contributed by atoms with Crippen molar-refractivity contribution in [1.29, 1.82) is 0 Å². The standard InChI is InChI=1S/C19H17F2N3O4S2/c20-13-10-14(21)12-16(11-13)28-8-1-2-18(25)23-15-3-5-17(6-4-15)30(26,27)24-19-22-7-9-29-19/h3-7,9-12H,1-2,8H2,(H,22,24)(H,23,25). The Hall–Kier alpha value is -3.05. The molecule has 3 aromatic rings. The Morgan fingerprint density at radius 2 is 1.80 bits per heavy atom. The van der Waals surface area contributed by atoms with Crippen LogP contribution in [0.3, 0.4) is 0 Å². The second kappa shape index (κ2) is 9.63. The van der Waals surface area contributed by atoms with Crippen LogP contribution < -0.4 is 14.8 Å². The van der Waals surface area contributed by atoms with Gasteiger partial charge in [-0.1, -0.05) is 0 Å². The summed E-state index contributed by atoms with van der Waals surface area (Å²) in [5.41, 5.74) is 0.432. The summed E-state index contributed by atoms with van der Waals surface area (Å²) in [5, 5.41) is 4.55. The summed E-state index contributed by atoms with van der Waals surface area (Å²) < 4.78 is 58.3. The van der Waals surface area contributed by atoms with Crippen molar-refractivity contribution >= 4 is 38.1 Å². The lowest BCUT2D eigenvalue weighted by Crippen LogP contribution is -2.14. The van der Waals surface area contributed by atoms with Crippen molar-refractivity contribution in [3.63, 3.8) is 0 Å². The number of aromatic nitrogens is 1. The highest BCUT2D eigenvalue weighted by atomic mass is 32.2. The first-order chi connectivity index (χ1) is 14.3. The first-order valence-electron chi connectivity index (χ1n) is 8.73. The van der Waals surface area contributed by atoms with Crippen LogP contribution in [0, 0.1) is 11.6 Å². The number of hydrogen-bond donors (Lipinski definition) is 2. The molecule has 0 fully saturated rings. The van der Waals surface area contributed by atoms with Gasteiger partial charge in [-0.3, -0.25) is 9.52 Å². The van der Waals surface area contributed by atoms with Crippen molar-refractivity contribution in [1.82, 2.24) is 4.98 Å². The normalized spacial score (nSPS) is 11.1. The van der Waals surface area contributed by atoms with Crippen LogP contribution in [0.25, 0.3) is 0 Å². The van der Waals surface area contributed by atoms with Crippen LogP contribution in [0.4, 0.5) is 19.6 Å². The highest BCUT2D eigenvalue weighted by Crippen LogP contribution is 2.20. The molecule has 0 saturated carbocycles. The molecule has 1 heterocycles. The van der Waals surface area contributed by atoms with E-state index in [1.165, 1.54) is 30.5 Å². The number of anilines is 2. The lowest BCUT2D eigenvalue weighted by atomic mass is 10.2. The van der Waals surface area contributed by atoms with Gasteiger partial charge in [0.1, 0.15) is 17.4 Å². The molecule has 158 valence electrons. The Kier molecular flexibility index (Phi) is 6.95. The van der Waals surface area contributed by atoms with Gasteiger partial charge in [-0.05, 0) is 30.7 Å². The number of hydrogen-bond acceptors (Lipinski definition) is 6. The molecule has 0 aliphatic heterocycles. The molecule has 30 heavy (non-hydrogen) atoms. The van der Waals surface area contributed by atoms with E-state index in [0.717, 1.165) is 29.5 Å². The van der Waals surface area contributed by atoms with Gasteiger partial charge in [-0.25, -0.2) is 22.2 Å². The predicted molar refractivity (Wildman–Crippen MR) is 109 cm³/mol. The smallest absolute Gasteiger partial charge is 0.263 e. The van der Waals surface area contributed by atoms with E-state index < -0.39 is 21.7 Å². The van der Waals surface area contributed by atoms with Gasteiger partial charge >= 0.3 is 0 Å². The number of carbonyl (C=O) groups is 1. The topological polar surface area (TPSA) is 97.4 Å². The average Bonchev–Trinajstić information content (AvgIpc) is 3.17. The molecule has 2 N–H and O–H groups in total. The lowest BCUT2D eigenvalue weighted by Gasteiger charge is -2.09. The van der Waals surface area contributed by atoms with Crippen LogP contribution in [0.2, 0.25) is 0 Å². The quantitative estimate of drug-likeness (QED) is 0.477. The molecular weight excluding hydrogens is 436 g/mol. The summed E-state index contributed by atoms with van der Waals surface area (Å²) in [6, 6.07) is 8.54. The van der Waals surface area contributed by atoms with E-state index >= 15 is 0 Å². The number of nitrogens with zero attached hydrogens (tertiary/aromatic N) is 1. The Balaban J connectivity index is 1.46. The molecule has 0 bridgehead atoms. The molecule has 0 radical (unpaired) electrons. The lowest BCUT2D eigenvalue weighted by molar-refractivity contribution is -0.116. The van der Waals surface area contributed by atoms with E-state index in [4.69, 9.17) is 4.74 Å². The van der Waals surface area contributed by atoms with Crippen molar-refractivity contribution in [3.05, 3.63) is 65.7 Å². The third-order valence-corrected chi connectivity index (χ3v) is 5.93. The van der Waals surface area contributed by atoms with E-state index in [9.17, 15) is 22.0 Å². The second-order valence-corrected chi connectivity index (χ2v) is 8.65. The Labute approximate surface area is 175 Å². The number of rotatable bonds is 9. The molecule has 0 aliphatic rings. The zero-order chi connectivity index (χ0) is 21.6. The predicted octanol–water partition coefficient (Wildman–Crippen LogP) is 4.02. The molecule has 0 saturated heterocycles. The first-order valence-corrected chi connectivity index (χ1v) is 11.1. The Morgan fingerprint density at radius 3 is 2.43 bits per heavy atom. The number of benzene rings is 2. The monoisotopic (exact) mass is 453 g/mol. The maximum atomic E-state index is 13.1. The van der Waals surface area contributed by atoms with Crippen LogP contribution in [0.5, 0.6) is 5.75 Å². The third-order valence-electron chi connectivity index (χ3n) is 3.76. The van der Waals surface area contributed by atoms with Gasteiger partial charge in [-0.15, -0.1) is 11.3 Å². The molecule has 7 nitrogen and oxygen atoms in total. The molecule has 0 spiro atoms. The molecule has 0 unspecified atom stereocenters. The summed E-state index contributed by atoms with van der Waals surface area (Å²) >= 11 is 1.16. The molecule has 1 amide bonds. The van der Waals surface area contributed by atoms with Crippen molar-refractivity contribution < 1.29 is 26.7 Å². The number of sulfonamides is 1. The molecule has 2 aromatic carbocycles. The largest absolute Gasteiger partial charge is 0.493 e. The third kappa shape index (κ3) is 6.22. The van der Waals surface area contributed by atoms with Gasteiger partial charge in [0, 0.05) is 41.9 Å². The number of nitrogens with one attached hydrogen (secondary N) is 2. The zero-order valence-corrected chi connectivity index (χ0v) is 17.1. The van der Waals surface area contributed by atoms with E-state index in [0.29, 0.717) is 12.1 Å². The van der Waals surface area contributed by atoms with Crippen molar-refractivity contribution in [2.24, 2.45) is 0 Å². The summed E-state index contributed by atoms with van der Waals surface area (Å²) in [5.74, 6) is -1.73. The van der Waals surface area contributed by atoms with E-state index in [-0.39, 0.29) is 34.7 Å². The molecule has 11 heteroatoms. The highest BCUT2D eigenvalue weighted by molar-refractivity contribution is 7.93. The van der Waals surface area contributed by atoms with Gasteiger partial charge in [0.25, 0.3) is 10.0 Å². The average molecular weight is 453 g/mol. The number of halogens is 2. The van der Waals surface area contributed by atoms with Gasteiger partial charge in [0.05, 0.1) is 11.5 Å². The highest BCUT2D eigenvalue weighted by Gasteiger charge is 2.15. The van der Waals surface area contributed by atoms with Crippen molar-refractivity contribution in [3.8, 4) is 5.75 Å². The summed E-state index contributed by atoms with van der Waals surface area (Å²) in [6.45, 7) is 0.107. The molecular formula is C19H17F2N3O4S2. The fourth-order valence-corrected chi connectivity index (χ4v) is 4.21. The van der Waals surface area contributed by atoms with Gasteiger partial charge in [0.15, 0.2) is 5.13 Å². The maximum Gasteiger partial charge on any atom is 0.263 e. The molecule has 1 aromatic heterocycles. The minimum atomic E-state index is -3.76. The van der Waals surface area contributed by atoms with Crippen LogP contribution in [0.15, 0.2) is 58.9 Å². The Bertz CT molecular complexity index is 1090. The summed E-state index contributed by atoms with van der Waals surface area (Å²) in [6.07, 6.45) is 1.93. The van der Waals surface area contributed by atoms with Crippen LogP contribution in [-0.4, -0.2) is 25.9 Å². The van der Waals surface area contributed by atoms with Crippen LogP contribution in [0.1, 0.15) is 12.8 Å². The van der Waals surface area contributed by atoms with Crippen LogP contribution >= 0.6 is 11.3 Å². The molecule has 0 aliphatic carbocycles. The fourth-order valence-electron chi connectivity index (χ4n) is 2.42.